The lowest BCUT2D eigenvalue weighted by atomic mass is 10.1. The molecule has 2 aromatic rings. The molecule has 0 unspecified atom stereocenters. The Hall–Kier alpha value is -3.13. The van der Waals surface area contributed by atoms with Crippen LogP contribution in [0.1, 0.15) is 23.6 Å². The van der Waals surface area contributed by atoms with Crippen molar-refractivity contribution in [3.63, 3.8) is 0 Å². The molecule has 0 aliphatic rings. The summed E-state index contributed by atoms with van der Waals surface area (Å²) in [5, 5.41) is 12.1. The summed E-state index contributed by atoms with van der Waals surface area (Å²) in [4.78, 5) is 25.7. The van der Waals surface area contributed by atoms with Crippen LogP contribution in [0.25, 0.3) is 0 Å². The monoisotopic (exact) mass is 321 g/mol. The van der Waals surface area contributed by atoms with Crippen molar-refractivity contribution in [2.45, 2.75) is 20.8 Å². The lowest BCUT2D eigenvalue weighted by Crippen LogP contribution is -2.37. The van der Waals surface area contributed by atoms with Gasteiger partial charge in [0, 0.05) is 12.6 Å². The predicted octanol–water partition coefficient (Wildman–Crippen LogP) is 3.17. The number of carbonyl (C=O) groups is 2. The Labute approximate surface area is 141 Å². The highest BCUT2D eigenvalue weighted by atomic mass is 16.2. The third-order valence-corrected chi connectivity index (χ3v) is 3.74. The van der Waals surface area contributed by atoms with Gasteiger partial charge in [-0.3, -0.25) is 9.59 Å². The highest BCUT2D eigenvalue weighted by molar-refractivity contribution is 6.03. The van der Waals surface area contributed by atoms with E-state index in [9.17, 15) is 14.9 Å². The fourth-order valence-electron chi connectivity index (χ4n) is 2.50. The molecule has 0 heterocycles. The van der Waals surface area contributed by atoms with Crippen molar-refractivity contribution < 1.29 is 9.59 Å². The van der Waals surface area contributed by atoms with Crippen molar-refractivity contribution in [2.75, 3.05) is 16.8 Å². The summed E-state index contributed by atoms with van der Waals surface area (Å²) in [6.07, 6.45) is 0. The predicted molar refractivity (Wildman–Crippen MR) is 93.7 cm³/mol. The molecule has 0 saturated heterocycles. The molecule has 5 nitrogen and oxygen atoms in total. The Morgan fingerprint density at radius 2 is 1.71 bits per heavy atom. The number of rotatable bonds is 4. The first-order valence-electron chi connectivity index (χ1n) is 7.57. The molecule has 1 N–H and O–H groups in total. The number of nitrogens with one attached hydrogen (secondary N) is 1. The van der Waals surface area contributed by atoms with E-state index >= 15 is 0 Å². The molecule has 0 aromatic heterocycles. The average molecular weight is 321 g/mol. The molecule has 24 heavy (non-hydrogen) atoms. The molecule has 122 valence electrons. The van der Waals surface area contributed by atoms with Crippen LogP contribution in [-0.2, 0) is 9.59 Å². The number of amides is 2. The number of para-hydroxylation sites is 2. The highest BCUT2D eigenvalue weighted by Gasteiger charge is 2.19. The molecule has 0 aliphatic carbocycles. The number of hydrogen-bond donors (Lipinski definition) is 1. The quantitative estimate of drug-likeness (QED) is 0.940. The topological polar surface area (TPSA) is 73.2 Å². The van der Waals surface area contributed by atoms with Crippen LogP contribution in [0.15, 0.2) is 42.5 Å². The molecule has 0 fully saturated rings. The Morgan fingerprint density at radius 3 is 2.29 bits per heavy atom. The molecule has 2 rings (SSSR count). The molecule has 0 atom stereocenters. The first-order chi connectivity index (χ1) is 11.4. The van der Waals surface area contributed by atoms with E-state index in [1.165, 1.54) is 11.8 Å². The minimum absolute atomic E-state index is 0.151. The maximum absolute atomic E-state index is 12.4. The lowest BCUT2D eigenvalue weighted by molar-refractivity contribution is -0.120. The fourth-order valence-corrected chi connectivity index (χ4v) is 2.50. The molecule has 0 bridgehead atoms. The third kappa shape index (κ3) is 3.79. The summed E-state index contributed by atoms with van der Waals surface area (Å²) in [5.41, 5.74) is 3.45. The second-order valence-electron chi connectivity index (χ2n) is 5.55. The van der Waals surface area contributed by atoms with Gasteiger partial charge in [-0.15, -0.1) is 0 Å². The second-order valence-corrected chi connectivity index (χ2v) is 5.55. The van der Waals surface area contributed by atoms with Crippen LogP contribution >= 0.6 is 0 Å². The minimum atomic E-state index is -0.310. The maximum atomic E-state index is 12.4. The van der Waals surface area contributed by atoms with Gasteiger partial charge in [-0.1, -0.05) is 30.3 Å². The van der Waals surface area contributed by atoms with E-state index in [1.807, 2.05) is 38.1 Å². The lowest BCUT2D eigenvalue weighted by Gasteiger charge is -2.22. The number of anilines is 2. The van der Waals surface area contributed by atoms with Gasteiger partial charge in [0.15, 0.2) is 0 Å². The van der Waals surface area contributed by atoms with E-state index in [4.69, 9.17) is 0 Å². The molecular formula is C19H19N3O2. The largest absolute Gasteiger partial charge is 0.324 e. The van der Waals surface area contributed by atoms with Crippen molar-refractivity contribution >= 4 is 23.2 Å². The third-order valence-electron chi connectivity index (χ3n) is 3.74. The van der Waals surface area contributed by atoms with E-state index in [-0.39, 0.29) is 18.4 Å². The molecule has 5 heteroatoms. The summed E-state index contributed by atoms with van der Waals surface area (Å²) in [7, 11) is 0. The van der Waals surface area contributed by atoms with Gasteiger partial charge < -0.3 is 10.2 Å². The Kier molecular flexibility index (Phi) is 5.33. The van der Waals surface area contributed by atoms with E-state index in [1.54, 1.807) is 24.3 Å². The van der Waals surface area contributed by atoms with E-state index in [0.29, 0.717) is 11.3 Å². The van der Waals surface area contributed by atoms with E-state index in [2.05, 4.69) is 5.32 Å². The average Bonchev–Trinajstić information content (AvgIpc) is 2.56. The van der Waals surface area contributed by atoms with Crippen LogP contribution in [0.4, 0.5) is 11.4 Å². The van der Waals surface area contributed by atoms with E-state index < -0.39 is 0 Å². The summed E-state index contributed by atoms with van der Waals surface area (Å²) in [5.74, 6) is -0.607. The number of carbonyl (C=O) groups excluding carboxylic acids is 2. The normalized spacial score (nSPS) is 9.92. The number of nitrogens with zero attached hydrogens (tertiary/aromatic N) is 2. The van der Waals surface area contributed by atoms with Crippen LogP contribution in [-0.4, -0.2) is 18.4 Å². The van der Waals surface area contributed by atoms with Crippen molar-refractivity contribution in [1.82, 2.24) is 0 Å². The smallest absolute Gasteiger partial charge is 0.244 e. The molecule has 2 amide bonds. The van der Waals surface area contributed by atoms with E-state index in [0.717, 1.165) is 16.8 Å². The zero-order chi connectivity index (χ0) is 17.7. The molecule has 0 saturated carbocycles. The van der Waals surface area contributed by atoms with Crippen molar-refractivity contribution in [3.05, 3.63) is 59.2 Å². The standard InChI is InChI=1S/C19H19N3O2/c1-13-7-6-8-14(2)19(13)21-18(24)12-22(15(3)23)17-10-5-4-9-16(17)11-20/h4-10H,12H2,1-3H3,(H,21,24). The van der Waals surface area contributed by atoms with Crippen molar-refractivity contribution in [1.29, 1.82) is 5.26 Å². The number of aryl methyl sites for hydroxylation is 2. The fraction of sp³-hybridized carbons (Fsp3) is 0.211. The summed E-state index contributed by atoms with van der Waals surface area (Å²) in [6, 6.07) is 14.5. The maximum Gasteiger partial charge on any atom is 0.244 e. The first-order valence-corrected chi connectivity index (χ1v) is 7.57. The van der Waals surface area contributed by atoms with Gasteiger partial charge in [-0.25, -0.2) is 0 Å². The summed E-state index contributed by atoms with van der Waals surface area (Å²) < 4.78 is 0. The van der Waals surface area contributed by atoms with Crippen LogP contribution in [0, 0.1) is 25.2 Å². The van der Waals surface area contributed by atoms with Crippen molar-refractivity contribution in [3.8, 4) is 6.07 Å². The molecule has 0 radical (unpaired) electrons. The molecule has 0 spiro atoms. The summed E-state index contributed by atoms with van der Waals surface area (Å²) >= 11 is 0. The van der Waals surface area contributed by atoms with Gasteiger partial charge >= 0.3 is 0 Å². The zero-order valence-corrected chi connectivity index (χ0v) is 14.0. The SMILES string of the molecule is CC(=O)N(CC(=O)Nc1c(C)cccc1C)c1ccccc1C#N. The molecule has 2 aromatic carbocycles. The van der Waals surface area contributed by atoms with Gasteiger partial charge in [0.2, 0.25) is 11.8 Å². The van der Waals surface area contributed by atoms with Crippen LogP contribution in [0.2, 0.25) is 0 Å². The van der Waals surface area contributed by atoms with Gasteiger partial charge in [0.1, 0.15) is 12.6 Å². The number of nitriles is 1. The van der Waals surface area contributed by atoms with Crippen LogP contribution in [0.5, 0.6) is 0 Å². The highest BCUT2D eigenvalue weighted by Crippen LogP contribution is 2.22. The molecule has 0 aliphatic heterocycles. The zero-order valence-electron chi connectivity index (χ0n) is 14.0. The van der Waals surface area contributed by atoms with Crippen molar-refractivity contribution in [2.24, 2.45) is 0 Å². The number of hydrogen-bond acceptors (Lipinski definition) is 3. The van der Waals surface area contributed by atoms with Gasteiger partial charge in [-0.2, -0.15) is 5.26 Å². The van der Waals surface area contributed by atoms with Gasteiger partial charge in [0.05, 0.1) is 11.3 Å². The minimum Gasteiger partial charge on any atom is -0.324 e. The Morgan fingerprint density at radius 1 is 1.08 bits per heavy atom. The van der Waals surface area contributed by atoms with Gasteiger partial charge in [-0.05, 0) is 37.1 Å². The summed E-state index contributed by atoms with van der Waals surface area (Å²) in [6.45, 7) is 5.05. The first kappa shape index (κ1) is 17.2. The van der Waals surface area contributed by atoms with Crippen LogP contribution < -0.4 is 10.2 Å². The Bertz CT molecular complexity index is 801. The second kappa shape index (κ2) is 7.42. The van der Waals surface area contributed by atoms with Crippen LogP contribution in [0.3, 0.4) is 0 Å². The molecular weight excluding hydrogens is 302 g/mol. The van der Waals surface area contributed by atoms with Gasteiger partial charge in [0.25, 0.3) is 0 Å². The number of benzene rings is 2. The Balaban J connectivity index is 2.24.